The maximum atomic E-state index is 10.8. The van der Waals surface area contributed by atoms with E-state index in [-0.39, 0.29) is 23.3 Å². The first-order valence-corrected chi connectivity index (χ1v) is 5.11. The number of ketones is 1. The number of nitro groups is 1. The highest BCUT2D eigenvalue weighted by atomic mass is 16.6. The quantitative estimate of drug-likeness (QED) is 0.588. The van der Waals surface area contributed by atoms with Crippen LogP contribution in [0.15, 0.2) is 18.2 Å². The SMILES string of the molecule is COc1ccc(OC2CC(=O)C2)cc1[N+](=O)[O-]. The molecule has 6 nitrogen and oxygen atoms in total. The molecule has 0 bridgehead atoms. The molecule has 17 heavy (non-hydrogen) atoms. The van der Waals surface area contributed by atoms with Gasteiger partial charge in [-0.3, -0.25) is 14.9 Å². The van der Waals surface area contributed by atoms with Crippen molar-refractivity contribution in [3.05, 3.63) is 28.3 Å². The summed E-state index contributed by atoms with van der Waals surface area (Å²) in [5.74, 6) is 0.722. The Morgan fingerprint density at radius 1 is 1.41 bits per heavy atom. The highest BCUT2D eigenvalue weighted by Gasteiger charge is 2.29. The Kier molecular flexibility index (Phi) is 2.95. The zero-order chi connectivity index (χ0) is 12.4. The van der Waals surface area contributed by atoms with Crippen LogP contribution in [0.25, 0.3) is 0 Å². The first-order valence-electron chi connectivity index (χ1n) is 5.11. The second-order valence-corrected chi connectivity index (χ2v) is 3.78. The van der Waals surface area contributed by atoms with Crippen LogP contribution in [0.3, 0.4) is 0 Å². The molecule has 0 heterocycles. The third-order valence-corrected chi connectivity index (χ3v) is 2.56. The number of benzene rings is 1. The summed E-state index contributed by atoms with van der Waals surface area (Å²) in [4.78, 5) is 21.0. The van der Waals surface area contributed by atoms with E-state index >= 15 is 0 Å². The first-order chi connectivity index (χ1) is 8.10. The molecule has 0 aliphatic heterocycles. The number of Topliss-reactive ketones (excluding diaryl/α,β-unsaturated/α-hetero) is 1. The lowest BCUT2D eigenvalue weighted by Crippen LogP contribution is -2.33. The predicted octanol–water partition coefficient (Wildman–Crippen LogP) is 1.71. The summed E-state index contributed by atoms with van der Waals surface area (Å²) in [5.41, 5.74) is -0.143. The van der Waals surface area contributed by atoms with Crippen molar-refractivity contribution in [1.29, 1.82) is 0 Å². The zero-order valence-electron chi connectivity index (χ0n) is 9.21. The van der Waals surface area contributed by atoms with Crippen LogP contribution in [0.1, 0.15) is 12.8 Å². The van der Waals surface area contributed by atoms with Gasteiger partial charge in [-0.2, -0.15) is 0 Å². The van der Waals surface area contributed by atoms with Gasteiger partial charge in [-0.05, 0) is 12.1 Å². The lowest BCUT2D eigenvalue weighted by Gasteiger charge is -2.25. The molecule has 0 amide bonds. The highest BCUT2D eigenvalue weighted by Crippen LogP contribution is 2.32. The average molecular weight is 237 g/mol. The van der Waals surface area contributed by atoms with Crippen LogP contribution in [-0.4, -0.2) is 23.9 Å². The van der Waals surface area contributed by atoms with Crippen LogP contribution >= 0.6 is 0 Å². The number of nitrogens with zero attached hydrogens (tertiary/aromatic N) is 1. The van der Waals surface area contributed by atoms with E-state index in [2.05, 4.69) is 0 Å². The molecule has 0 N–H and O–H groups in total. The van der Waals surface area contributed by atoms with Gasteiger partial charge in [-0.1, -0.05) is 0 Å². The molecule has 1 aliphatic rings. The number of carbonyl (C=O) groups excluding carboxylic acids is 1. The van der Waals surface area contributed by atoms with Gasteiger partial charge in [0.25, 0.3) is 0 Å². The minimum Gasteiger partial charge on any atom is -0.490 e. The number of nitro benzene ring substituents is 1. The summed E-state index contributed by atoms with van der Waals surface area (Å²) in [6.07, 6.45) is 0.593. The smallest absolute Gasteiger partial charge is 0.314 e. The summed E-state index contributed by atoms with van der Waals surface area (Å²) >= 11 is 0. The monoisotopic (exact) mass is 237 g/mol. The molecule has 90 valence electrons. The van der Waals surface area contributed by atoms with Gasteiger partial charge in [0.1, 0.15) is 17.6 Å². The normalized spacial score (nSPS) is 15.2. The molecule has 0 spiro atoms. The van der Waals surface area contributed by atoms with Gasteiger partial charge in [0.2, 0.25) is 0 Å². The van der Waals surface area contributed by atoms with E-state index in [0.29, 0.717) is 18.6 Å². The lowest BCUT2D eigenvalue weighted by molar-refractivity contribution is -0.385. The van der Waals surface area contributed by atoms with E-state index in [9.17, 15) is 14.9 Å². The van der Waals surface area contributed by atoms with Crippen molar-refractivity contribution in [2.24, 2.45) is 0 Å². The molecule has 0 atom stereocenters. The Bertz CT molecular complexity index is 463. The Hall–Kier alpha value is -2.11. The van der Waals surface area contributed by atoms with Crippen molar-refractivity contribution in [1.82, 2.24) is 0 Å². The van der Waals surface area contributed by atoms with E-state index in [4.69, 9.17) is 9.47 Å². The Morgan fingerprint density at radius 3 is 2.65 bits per heavy atom. The molecule has 1 fully saturated rings. The van der Waals surface area contributed by atoms with Crippen LogP contribution in [-0.2, 0) is 4.79 Å². The van der Waals surface area contributed by atoms with Crippen molar-refractivity contribution in [2.45, 2.75) is 18.9 Å². The van der Waals surface area contributed by atoms with Crippen molar-refractivity contribution in [3.63, 3.8) is 0 Å². The maximum absolute atomic E-state index is 10.8. The number of hydrogen-bond donors (Lipinski definition) is 0. The van der Waals surface area contributed by atoms with Crippen LogP contribution in [0.2, 0.25) is 0 Å². The first kappa shape index (κ1) is 11.4. The average Bonchev–Trinajstić information content (AvgIpc) is 2.27. The maximum Gasteiger partial charge on any atom is 0.314 e. The molecule has 1 aromatic rings. The zero-order valence-corrected chi connectivity index (χ0v) is 9.21. The molecule has 0 aromatic heterocycles. The van der Waals surface area contributed by atoms with Gasteiger partial charge in [0.15, 0.2) is 5.75 Å². The van der Waals surface area contributed by atoms with Crippen LogP contribution in [0, 0.1) is 10.1 Å². The minimum atomic E-state index is -0.530. The topological polar surface area (TPSA) is 78.7 Å². The lowest BCUT2D eigenvalue weighted by atomic mass is 9.94. The van der Waals surface area contributed by atoms with Gasteiger partial charge in [-0.15, -0.1) is 0 Å². The number of methoxy groups -OCH3 is 1. The highest BCUT2D eigenvalue weighted by molar-refractivity contribution is 5.85. The summed E-state index contributed by atoms with van der Waals surface area (Å²) in [5, 5.41) is 10.8. The van der Waals surface area contributed by atoms with Gasteiger partial charge < -0.3 is 9.47 Å². The largest absolute Gasteiger partial charge is 0.490 e. The third-order valence-electron chi connectivity index (χ3n) is 2.56. The Labute approximate surface area is 97.3 Å². The summed E-state index contributed by atoms with van der Waals surface area (Å²) in [7, 11) is 1.37. The molecule has 0 saturated heterocycles. The van der Waals surface area contributed by atoms with E-state index in [1.165, 1.54) is 19.2 Å². The molecule has 1 aromatic carbocycles. The van der Waals surface area contributed by atoms with Gasteiger partial charge in [0, 0.05) is 12.8 Å². The van der Waals surface area contributed by atoms with Gasteiger partial charge in [0.05, 0.1) is 18.1 Å². The van der Waals surface area contributed by atoms with Crippen LogP contribution in [0.5, 0.6) is 11.5 Å². The standard InChI is InChI=1S/C11H11NO5/c1-16-11-3-2-8(6-10(11)12(14)15)17-9-4-7(13)5-9/h2-3,6,9H,4-5H2,1H3. The fourth-order valence-corrected chi connectivity index (χ4v) is 1.61. The minimum absolute atomic E-state index is 0.143. The second kappa shape index (κ2) is 4.40. The van der Waals surface area contributed by atoms with E-state index < -0.39 is 4.92 Å². The molecular formula is C11H11NO5. The van der Waals surface area contributed by atoms with Gasteiger partial charge in [-0.25, -0.2) is 0 Å². The second-order valence-electron chi connectivity index (χ2n) is 3.78. The van der Waals surface area contributed by atoms with E-state index in [0.717, 1.165) is 0 Å². The molecule has 1 aliphatic carbocycles. The molecule has 1 saturated carbocycles. The van der Waals surface area contributed by atoms with Gasteiger partial charge >= 0.3 is 5.69 Å². The number of carbonyl (C=O) groups is 1. The van der Waals surface area contributed by atoms with Crippen molar-refractivity contribution >= 4 is 11.5 Å². The fourth-order valence-electron chi connectivity index (χ4n) is 1.61. The molecular weight excluding hydrogens is 226 g/mol. The summed E-state index contributed by atoms with van der Waals surface area (Å²) in [6.45, 7) is 0. The predicted molar refractivity (Wildman–Crippen MR) is 58.3 cm³/mol. The van der Waals surface area contributed by atoms with Crippen molar-refractivity contribution in [3.8, 4) is 11.5 Å². The fraction of sp³-hybridized carbons (Fsp3) is 0.364. The number of ether oxygens (including phenoxy) is 2. The van der Waals surface area contributed by atoms with Crippen LogP contribution in [0.4, 0.5) is 5.69 Å². The molecule has 2 rings (SSSR count). The number of rotatable bonds is 4. The van der Waals surface area contributed by atoms with E-state index in [1.54, 1.807) is 6.07 Å². The molecule has 0 radical (unpaired) electrons. The molecule has 6 heteroatoms. The summed E-state index contributed by atoms with van der Waals surface area (Å²) < 4.78 is 10.3. The Morgan fingerprint density at radius 2 is 2.12 bits per heavy atom. The van der Waals surface area contributed by atoms with E-state index in [1.807, 2.05) is 0 Å². The Balaban J connectivity index is 2.15. The third kappa shape index (κ3) is 2.35. The summed E-state index contributed by atoms with van der Waals surface area (Å²) in [6, 6.07) is 4.38. The number of hydrogen-bond acceptors (Lipinski definition) is 5. The van der Waals surface area contributed by atoms with Crippen LogP contribution < -0.4 is 9.47 Å². The van der Waals surface area contributed by atoms with Crippen molar-refractivity contribution < 1.29 is 19.2 Å². The molecule has 0 unspecified atom stereocenters. The van der Waals surface area contributed by atoms with Crippen molar-refractivity contribution in [2.75, 3.05) is 7.11 Å².